The van der Waals surface area contributed by atoms with Crippen LogP contribution in [-0.4, -0.2) is 6.61 Å². The molecule has 0 aromatic heterocycles. The summed E-state index contributed by atoms with van der Waals surface area (Å²) in [5.41, 5.74) is 1.44. The summed E-state index contributed by atoms with van der Waals surface area (Å²) in [5.74, 6) is -5.20. The third kappa shape index (κ3) is 4.00. The van der Waals surface area contributed by atoms with E-state index in [1.54, 1.807) is 19.1 Å². The Morgan fingerprint density at radius 2 is 1.47 bits per heavy atom. The van der Waals surface area contributed by atoms with Crippen LogP contribution in [0.15, 0.2) is 36.4 Å². The quantitative estimate of drug-likeness (QED) is 0.320. The standard InChI is InChI=1S/C24H21F5O/c1-13-8-20(26)24(21(27)9-13)30-12-14-2-4-15(5-3-14)16-6-7-18-17(10-16)11-19(25)23(29)22(18)28/h6-11,14-15H,2-5,12H2,1H3. The molecule has 0 radical (unpaired) electrons. The number of benzene rings is 3. The molecule has 4 rings (SSSR count). The largest absolute Gasteiger partial charge is 0.487 e. The summed E-state index contributed by atoms with van der Waals surface area (Å²) < 4.78 is 74.1. The molecule has 1 aliphatic carbocycles. The van der Waals surface area contributed by atoms with Gasteiger partial charge in [-0.15, -0.1) is 0 Å². The Bertz CT molecular complexity index is 1060. The third-order valence-corrected chi connectivity index (χ3v) is 5.92. The maximum absolute atomic E-state index is 13.9. The number of ether oxygens (including phenoxy) is 1. The molecule has 30 heavy (non-hydrogen) atoms. The lowest BCUT2D eigenvalue weighted by molar-refractivity contribution is 0.188. The predicted molar refractivity (Wildman–Crippen MR) is 105 cm³/mol. The molecule has 158 valence electrons. The van der Waals surface area contributed by atoms with Gasteiger partial charge < -0.3 is 4.74 Å². The normalized spacial score (nSPS) is 19.3. The van der Waals surface area contributed by atoms with Crippen molar-refractivity contribution >= 4 is 10.8 Å². The highest BCUT2D eigenvalue weighted by molar-refractivity contribution is 5.84. The summed E-state index contributed by atoms with van der Waals surface area (Å²) >= 11 is 0. The van der Waals surface area contributed by atoms with Crippen molar-refractivity contribution < 1.29 is 26.7 Å². The highest BCUT2D eigenvalue weighted by atomic mass is 19.2. The number of fused-ring (bicyclic) bond motifs is 1. The van der Waals surface area contributed by atoms with Gasteiger partial charge in [-0.2, -0.15) is 0 Å². The molecule has 1 fully saturated rings. The van der Waals surface area contributed by atoms with E-state index in [9.17, 15) is 22.0 Å². The van der Waals surface area contributed by atoms with Crippen LogP contribution in [0.1, 0.15) is 42.7 Å². The molecule has 3 aromatic carbocycles. The SMILES string of the molecule is Cc1cc(F)c(OCC2CCC(c3ccc4c(F)c(F)c(F)cc4c3)CC2)c(F)c1. The zero-order chi connectivity index (χ0) is 21.4. The lowest BCUT2D eigenvalue weighted by Crippen LogP contribution is -2.20. The summed E-state index contributed by atoms with van der Waals surface area (Å²) in [4.78, 5) is 0. The van der Waals surface area contributed by atoms with E-state index in [4.69, 9.17) is 4.74 Å². The van der Waals surface area contributed by atoms with Gasteiger partial charge in [-0.3, -0.25) is 0 Å². The minimum Gasteiger partial charge on any atom is -0.487 e. The fraction of sp³-hybridized carbons (Fsp3) is 0.333. The summed E-state index contributed by atoms with van der Waals surface area (Å²) in [5, 5.41) is 0.390. The van der Waals surface area contributed by atoms with Crippen LogP contribution in [-0.2, 0) is 0 Å². The van der Waals surface area contributed by atoms with Crippen LogP contribution >= 0.6 is 0 Å². The molecule has 0 spiro atoms. The van der Waals surface area contributed by atoms with Crippen LogP contribution in [0.25, 0.3) is 10.8 Å². The minimum absolute atomic E-state index is 0.0573. The first-order valence-corrected chi connectivity index (χ1v) is 9.99. The molecule has 1 saturated carbocycles. The Morgan fingerprint density at radius 3 is 2.13 bits per heavy atom. The number of hydrogen-bond donors (Lipinski definition) is 0. The second-order valence-electron chi connectivity index (χ2n) is 8.05. The van der Waals surface area contributed by atoms with E-state index in [0.717, 1.165) is 37.3 Å². The van der Waals surface area contributed by atoms with Crippen LogP contribution in [0.5, 0.6) is 5.75 Å². The van der Waals surface area contributed by atoms with E-state index < -0.39 is 29.1 Å². The first-order valence-electron chi connectivity index (χ1n) is 9.99. The maximum Gasteiger partial charge on any atom is 0.195 e. The molecule has 0 unspecified atom stereocenters. The molecule has 1 aliphatic rings. The minimum atomic E-state index is -1.46. The van der Waals surface area contributed by atoms with E-state index in [1.165, 1.54) is 18.2 Å². The summed E-state index contributed by atoms with van der Waals surface area (Å²) in [6.07, 6.45) is 3.27. The number of hydrogen-bond acceptors (Lipinski definition) is 1. The smallest absolute Gasteiger partial charge is 0.195 e. The Hall–Kier alpha value is -2.63. The summed E-state index contributed by atoms with van der Waals surface area (Å²) in [6, 6.07) is 8.45. The van der Waals surface area contributed by atoms with Crippen molar-refractivity contribution in [2.24, 2.45) is 5.92 Å². The number of rotatable bonds is 4. The Balaban J connectivity index is 1.41. The van der Waals surface area contributed by atoms with Gasteiger partial charge in [0.25, 0.3) is 0 Å². The van der Waals surface area contributed by atoms with Crippen molar-refractivity contribution in [3.05, 3.63) is 76.6 Å². The molecule has 0 saturated heterocycles. The van der Waals surface area contributed by atoms with E-state index in [0.29, 0.717) is 10.9 Å². The maximum atomic E-state index is 13.9. The Kier molecular flexibility index (Phi) is 5.67. The zero-order valence-electron chi connectivity index (χ0n) is 16.5. The molecule has 0 atom stereocenters. The van der Waals surface area contributed by atoms with Crippen molar-refractivity contribution in [2.75, 3.05) is 6.61 Å². The highest BCUT2D eigenvalue weighted by Crippen LogP contribution is 2.38. The van der Waals surface area contributed by atoms with Gasteiger partial charge in [0, 0.05) is 5.39 Å². The number of halogens is 5. The lowest BCUT2D eigenvalue weighted by Gasteiger charge is -2.29. The summed E-state index contributed by atoms with van der Waals surface area (Å²) in [6.45, 7) is 1.85. The fourth-order valence-electron chi connectivity index (χ4n) is 4.27. The highest BCUT2D eigenvalue weighted by Gasteiger charge is 2.24. The molecule has 0 heterocycles. The average Bonchev–Trinajstić information content (AvgIpc) is 2.71. The van der Waals surface area contributed by atoms with E-state index in [-0.39, 0.29) is 29.6 Å². The third-order valence-electron chi connectivity index (χ3n) is 5.92. The van der Waals surface area contributed by atoms with Gasteiger partial charge >= 0.3 is 0 Å². The molecule has 0 N–H and O–H groups in total. The molecule has 0 aliphatic heterocycles. The first-order chi connectivity index (χ1) is 14.3. The van der Waals surface area contributed by atoms with Crippen LogP contribution in [0.3, 0.4) is 0 Å². The van der Waals surface area contributed by atoms with Crippen LogP contribution in [0.2, 0.25) is 0 Å². The first kappa shape index (κ1) is 20.6. The van der Waals surface area contributed by atoms with Crippen LogP contribution in [0, 0.1) is 41.9 Å². The van der Waals surface area contributed by atoms with Gasteiger partial charge in [-0.25, -0.2) is 22.0 Å². The molecule has 3 aromatic rings. The topological polar surface area (TPSA) is 9.23 Å². The Morgan fingerprint density at radius 1 is 0.800 bits per heavy atom. The predicted octanol–water partition coefficient (Wildman–Crippen LogP) is 7.20. The molecular formula is C24H21F5O. The van der Waals surface area contributed by atoms with Gasteiger partial charge in [0.2, 0.25) is 0 Å². The van der Waals surface area contributed by atoms with Crippen molar-refractivity contribution in [3.63, 3.8) is 0 Å². The van der Waals surface area contributed by atoms with Crippen LogP contribution < -0.4 is 4.74 Å². The number of aryl methyl sites for hydroxylation is 1. The molecule has 0 amide bonds. The second-order valence-corrected chi connectivity index (χ2v) is 8.05. The Labute approximate surface area is 171 Å². The lowest BCUT2D eigenvalue weighted by atomic mass is 9.78. The van der Waals surface area contributed by atoms with Crippen molar-refractivity contribution in [2.45, 2.75) is 38.5 Å². The average molecular weight is 420 g/mol. The van der Waals surface area contributed by atoms with Crippen molar-refractivity contribution in [1.82, 2.24) is 0 Å². The van der Waals surface area contributed by atoms with E-state index in [1.807, 2.05) is 0 Å². The zero-order valence-corrected chi connectivity index (χ0v) is 16.5. The molecule has 0 bridgehead atoms. The summed E-state index contributed by atoms with van der Waals surface area (Å²) in [7, 11) is 0. The second kappa shape index (κ2) is 8.25. The van der Waals surface area contributed by atoms with Gasteiger partial charge in [0.05, 0.1) is 6.61 Å². The van der Waals surface area contributed by atoms with Crippen LogP contribution in [0.4, 0.5) is 22.0 Å². The van der Waals surface area contributed by atoms with E-state index >= 15 is 0 Å². The fourth-order valence-corrected chi connectivity index (χ4v) is 4.27. The monoisotopic (exact) mass is 420 g/mol. The molecular weight excluding hydrogens is 399 g/mol. The van der Waals surface area contributed by atoms with Gasteiger partial charge in [0.15, 0.2) is 34.8 Å². The van der Waals surface area contributed by atoms with E-state index in [2.05, 4.69) is 0 Å². The van der Waals surface area contributed by atoms with Crippen molar-refractivity contribution in [1.29, 1.82) is 0 Å². The van der Waals surface area contributed by atoms with Gasteiger partial charge in [-0.1, -0.05) is 18.2 Å². The van der Waals surface area contributed by atoms with Gasteiger partial charge in [0.1, 0.15) is 0 Å². The van der Waals surface area contributed by atoms with Crippen molar-refractivity contribution in [3.8, 4) is 5.75 Å². The molecule has 6 heteroatoms. The van der Waals surface area contributed by atoms with Gasteiger partial charge in [-0.05, 0) is 79.2 Å². The molecule has 1 nitrogen and oxygen atoms in total.